The van der Waals surface area contributed by atoms with Crippen molar-refractivity contribution in [3.05, 3.63) is 24.3 Å². The van der Waals surface area contributed by atoms with Crippen molar-refractivity contribution in [2.45, 2.75) is 26.7 Å². The molecule has 0 bridgehead atoms. The van der Waals surface area contributed by atoms with Crippen molar-refractivity contribution in [1.29, 1.82) is 0 Å². The minimum absolute atomic E-state index is 0.151. The van der Waals surface area contributed by atoms with Crippen LogP contribution in [0.25, 0.3) is 0 Å². The van der Waals surface area contributed by atoms with Gasteiger partial charge in [-0.15, -0.1) is 0 Å². The van der Waals surface area contributed by atoms with E-state index in [4.69, 9.17) is 4.74 Å². The predicted molar refractivity (Wildman–Crippen MR) is 62.8 cm³/mol. The molecule has 0 aromatic heterocycles. The molecule has 16 heavy (non-hydrogen) atoms. The Bertz CT molecular complexity index is 269. The second-order valence-electron chi connectivity index (χ2n) is 3.08. The van der Waals surface area contributed by atoms with Crippen molar-refractivity contribution < 1.29 is 14.3 Å². The van der Waals surface area contributed by atoms with Gasteiger partial charge in [0, 0.05) is 19.0 Å². The van der Waals surface area contributed by atoms with Crippen LogP contribution >= 0.6 is 0 Å². The molecule has 0 spiro atoms. The fraction of sp³-hybridized carbons (Fsp3) is 0.500. The average Bonchev–Trinajstić information content (AvgIpc) is 2.25. The quantitative estimate of drug-likeness (QED) is 0.310. The minimum Gasteiger partial charge on any atom is -0.466 e. The number of ether oxygens (including phenoxy) is 1. The van der Waals surface area contributed by atoms with E-state index in [9.17, 15) is 9.59 Å². The zero-order valence-electron chi connectivity index (χ0n) is 9.86. The van der Waals surface area contributed by atoms with E-state index < -0.39 is 0 Å². The topological polar surface area (TPSA) is 55.4 Å². The highest BCUT2D eigenvalue weighted by atomic mass is 16.5. The third-order valence-corrected chi connectivity index (χ3v) is 1.71. The lowest BCUT2D eigenvalue weighted by atomic mass is 10.3. The Kier molecular flexibility index (Phi) is 8.97. The largest absolute Gasteiger partial charge is 0.466 e. The lowest BCUT2D eigenvalue weighted by molar-refractivity contribution is -0.143. The van der Waals surface area contributed by atoms with Gasteiger partial charge in [-0.2, -0.15) is 0 Å². The number of nitrogens with one attached hydrogen (secondary N) is 1. The summed E-state index contributed by atoms with van der Waals surface area (Å²) in [6.07, 6.45) is 7.67. The monoisotopic (exact) mass is 225 g/mol. The average molecular weight is 225 g/mol. The maximum absolute atomic E-state index is 11.1. The molecule has 0 aromatic carbocycles. The number of amides is 1. The first-order valence-electron chi connectivity index (χ1n) is 5.43. The zero-order chi connectivity index (χ0) is 12.2. The molecule has 0 rings (SSSR count). The number of rotatable bonds is 7. The molecule has 0 aliphatic carbocycles. The van der Waals surface area contributed by atoms with Crippen molar-refractivity contribution >= 4 is 11.9 Å². The smallest absolute Gasteiger partial charge is 0.305 e. The van der Waals surface area contributed by atoms with Gasteiger partial charge in [0.05, 0.1) is 6.61 Å². The summed E-state index contributed by atoms with van der Waals surface area (Å²) in [5.41, 5.74) is 0. The van der Waals surface area contributed by atoms with E-state index in [1.807, 2.05) is 13.0 Å². The molecule has 0 aromatic rings. The van der Waals surface area contributed by atoms with E-state index in [-0.39, 0.29) is 11.9 Å². The number of carbonyl (C=O) groups is 2. The number of hydrogen-bond donors (Lipinski definition) is 1. The summed E-state index contributed by atoms with van der Waals surface area (Å²) < 4.78 is 4.75. The number of esters is 1. The van der Waals surface area contributed by atoms with Gasteiger partial charge in [-0.1, -0.05) is 18.2 Å². The molecule has 0 aliphatic heterocycles. The van der Waals surface area contributed by atoms with Gasteiger partial charge in [0.2, 0.25) is 5.91 Å². The maximum Gasteiger partial charge on any atom is 0.305 e. The summed E-state index contributed by atoms with van der Waals surface area (Å²) in [5.74, 6) is -0.372. The maximum atomic E-state index is 11.1. The van der Waals surface area contributed by atoms with Crippen LogP contribution in [0.15, 0.2) is 24.3 Å². The van der Waals surface area contributed by atoms with Crippen LogP contribution in [-0.4, -0.2) is 25.0 Å². The van der Waals surface area contributed by atoms with Crippen LogP contribution in [0.1, 0.15) is 26.7 Å². The van der Waals surface area contributed by atoms with Crippen molar-refractivity contribution in [3.8, 4) is 0 Å². The van der Waals surface area contributed by atoms with Crippen LogP contribution in [0.2, 0.25) is 0 Å². The summed E-state index contributed by atoms with van der Waals surface area (Å²) in [6, 6.07) is 0. The van der Waals surface area contributed by atoms with E-state index >= 15 is 0 Å². The first kappa shape index (κ1) is 14.4. The van der Waals surface area contributed by atoms with Crippen LogP contribution in [0, 0.1) is 0 Å². The Morgan fingerprint density at radius 2 is 2.06 bits per heavy atom. The lowest BCUT2D eigenvalue weighted by Gasteiger charge is -2.02. The van der Waals surface area contributed by atoms with Gasteiger partial charge in [0.25, 0.3) is 0 Å². The van der Waals surface area contributed by atoms with Crippen molar-refractivity contribution in [2.75, 3.05) is 13.2 Å². The van der Waals surface area contributed by atoms with Crippen LogP contribution in [0.5, 0.6) is 0 Å². The van der Waals surface area contributed by atoms with E-state index in [1.54, 1.807) is 19.1 Å². The second-order valence-corrected chi connectivity index (χ2v) is 3.08. The van der Waals surface area contributed by atoms with Gasteiger partial charge in [0.1, 0.15) is 0 Å². The Hall–Kier alpha value is -1.58. The highest BCUT2D eigenvalue weighted by Gasteiger charge is 2.01. The lowest BCUT2D eigenvalue weighted by Crippen LogP contribution is -2.22. The first-order valence-corrected chi connectivity index (χ1v) is 5.43. The fourth-order valence-corrected chi connectivity index (χ4v) is 0.990. The molecule has 0 heterocycles. The zero-order valence-corrected chi connectivity index (χ0v) is 9.86. The number of hydrogen-bond acceptors (Lipinski definition) is 3. The Balaban J connectivity index is 3.51. The Morgan fingerprint density at radius 3 is 2.69 bits per heavy atom. The second kappa shape index (κ2) is 9.96. The molecule has 4 nitrogen and oxygen atoms in total. The molecular weight excluding hydrogens is 206 g/mol. The Morgan fingerprint density at radius 1 is 1.31 bits per heavy atom. The number of allylic oxidation sites excluding steroid dienone is 3. The SMILES string of the molecule is C/C=C/C=C/C(=O)NCCCC(=O)OCC. The third kappa shape index (κ3) is 8.99. The molecule has 90 valence electrons. The number of carbonyl (C=O) groups excluding carboxylic acids is 2. The fourth-order valence-electron chi connectivity index (χ4n) is 0.990. The molecule has 4 heteroatoms. The molecule has 0 saturated carbocycles. The Labute approximate surface area is 96.4 Å². The molecule has 0 fully saturated rings. The van der Waals surface area contributed by atoms with E-state index in [2.05, 4.69) is 5.32 Å². The first-order chi connectivity index (χ1) is 7.70. The molecule has 0 aliphatic rings. The van der Waals surface area contributed by atoms with Crippen molar-refractivity contribution in [2.24, 2.45) is 0 Å². The van der Waals surface area contributed by atoms with Gasteiger partial charge >= 0.3 is 5.97 Å². The van der Waals surface area contributed by atoms with Gasteiger partial charge < -0.3 is 10.1 Å². The van der Waals surface area contributed by atoms with Crippen molar-refractivity contribution in [1.82, 2.24) is 5.32 Å². The van der Waals surface area contributed by atoms with Crippen LogP contribution in [0.4, 0.5) is 0 Å². The highest BCUT2D eigenvalue weighted by Crippen LogP contribution is 1.91. The van der Waals surface area contributed by atoms with E-state index in [0.29, 0.717) is 26.0 Å². The molecule has 1 N–H and O–H groups in total. The van der Waals surface area contributed by atoms with Gasteiger partial charge in [-0.25, -0.2) is 0 Å². The summed E-state index contributed by atoms with van der Waals surface area (Å²) in [6.45, 7) is 4.53. The summed E-state index contributed by atoms with van der Waals surface area (Å²) >= 11 is 0. The molecule has 1 amide bonds. The highest BCUT2D eigenvalue weighted by molar-refractivity contribution is 5.87. The van der Waals surface area contributed by atoms with E-state index in [1.165, 1.54) is 6.08 Å². The molecular formula is C12H19NO3. The van der Waals surface area contributed by atoms with Gasteiger partial charge in [-0.05, 0) is 20.3 Å². The van der Waals surface area contributed by atoms with Gasteiger partial charge in [0.15, 0.2) is 0 Å². The third-order valence-electron chi connectivity index (χ3n) is 1.71. The summed E-state index contributed by atoms with van der Waals surface area (Å²) in [5, 5.41) is 2.67. The summed E-state index contributed by atoms with van der Waals surface area (Å²) in [4.78, 5) is 22.1. The normalized spacial score (nSPS) is 10.9. The predicted octanol–water partition coefficient (Wildman–Crippen LogP) is 1.58. The standard InChI is InChI=1S/C12H19NO3/c1-3-5-6-8-11(14)13-10-7-9-12(15)16-4-2/h3,5-6,8H,4,7,9-10H2,1-2H3,(H,13,14)/b5-3+,8-6+. The molecule has 0 unspecified atom stereocenters. The van der Waals surface area contributed by atoms with Crippen LogP contribution < -0.4 is 5.32 Å². The molecule has 0 radical (unpaired) electrons. The van der Waals surface area contributed by atoms with Crippen LogP contribution in [-0.2, 0) is 14.3 Å². The molecule has 0 atom stereocenters. The van der Waals surface area contributed by atoms with Crippen LogP contribution in [0.3, 0.4) is 0 Å². The summed E-state index contributed by atoms with van der Waals surface area (Å²) in [7, 11) is 0. The van der Waals surface area contributed by atoms with Crippen molar-refractivity contribution in [3.63, 3.8) is 0 Å². The minimum atomic E-state index is -0.221. The van der Waals surface area contributed by atoms with E-state index in [0.717, 1.165) is 0 Å². The molecule has 0 saturated heterocycles. The van der Waals surface area contributed by atoms with Gasteiger partial charge in [-0.3, -0.25) is 9.59 Å².